The van der Waals surface area contributed by atoms with Gasteiger partial charge in [-0.25, -0.2) is 17.6 Å². The van der Waals surface area contributed by atoms with Crippen molar-refractivity contribution in [1.82, 2.24) is 9.21 Å². The SMILES string of the molecule is COc1ccc(S(=O)(=O)N(C)C[C@H]2Oc3ccc(NC(=O)Nc4ccc(F)cc4)cc3C(=O)N([C@@H](C)CO)C[C@@H]2C)cc1. The molecule has 0 spiro atoms. The number of benzene rings is 3. The zero-order valence-corrected chi connectivity index (χ0v) is 25.1. The largest absolute Gasteiger partial charge is 0.497 e. The lowest BCUT2D eigenvalue weighted by atomic mass is 9.99. The number of aliphatic hydroxyl groups is 1. The Morgan fingerprint density at radius 1 is 1.12 bits per heavy atom. The van der Waals surface area contributed by atoms with Gasteiger partial charge in [0.1, 0.15) is 23.4 Å². The van der Waals surface area contributed by atoms with Crippen LogP contribution in [0.25, 0.3) is 0 Å². The molecule has 230 valence electrons. The number of carbonyl (C=O) groups is 2. The summed E-state index contributed by atoms with van der Waals surface area (Å²) < 4.78 is 52.5. The first-order valence-corrected chi connectivity index (χ1v) is 15.0. The fraction of sp³-hybridized carbons (Fsp3) is 0.333. The average molecular weight is 615 g/mol. The zero-order chi connectivity index (χ0) is 31.3. The van der Waals surface area contributed by atoms with Crippen molar-refractivity contribution in [2.45, 2.75) is 30.9 Å². The van der Waals surface area contributed by atoms with Crippen LogP contribution in [0.2, 0.25) is 0 Å². The molecule has 0 unspecified atom stereocenters. The Morgan fingerprint density at radius 2 is 1.74 bits per heavy atom. The Morgan fingerprint density at radius 3 is 2.37 bits per heavy atom. The molecule has 0 radical (unpaired) electrons. The van der Waals surface area contributed by atoms with Gasteiger partial charge in [-0.3, -0.25) is 4.79 Å². The number of anilines is 2. The Labute approximate surface area is 250 Å². The second-order valence-electron chi connectivity index (χ2n) is 10.4. The van der Waals surface area contributed by atoms with E-state index in [4.69, 9.17) is 9.47 Å². The molecule has 0 aliphatic carbocycles. The minimum absolute atomic E-state index is 0.0232. The third kappa shape index (κ3) is 7.42. The van der Waals surface area contributed by atoms with Gasteiger partial charge in [-0.15, -0.1) is 0 Å². The van der Waals surface area contributed by atoms with Gasteiger partial charge in [0.2, 0.25) is 10.0 Å². The van der Waals surface area contributed by atoms with Crippen LogP contribution in [0.5, 0.6) is 11.5 Å². The Balaban J connectivity index is 1.60. The van der Waals surface area contributed by atoms with Crippen LogP contribution >= 0.6 is 0 Å². The first kappa shape index (κ1) is 31.7. The van der Waals surface area contributed by atoms with Crippen LogP contribution in [-0.2, 0) is 10.0 Å². The van der Waals surface area contributed by atoms with Gasteiger partial charge in [0, 0.05) is 30.9 Å². The van der Waals surface area contributed by atoms with Gasteiger partial charge in [0.15, 0.2) is 0 Å². The van der Waals surface area contributed by atoms with E-state index in [1.807, 2.05) is 6.92 Å². The van der Waals surface area contributed by atoms with Crippen molar-refractivity contribution in [3.63, 3.8) is 0 Å². The molecule has 4 rings (SSSR count). The van der Waals surface area contributed by atoms with Crippen LogP contribution in [0, 0.1) is 11.7 Å². The summed E-state index contributed by atoms with van der Waals surface area (Å²) >= 11 is 0. The molecule has 1 aliphatic heterocycles. The van der Waals surface area contributed by atoms with E-state index >= 15 is 0 Å². The molecule has 0 fully saturated rings. The number of likely N-dealkylation sites (N-methyl/N-ethyl adjacent to an activating group) is 1. The number of ether oxygens (including phenoxy) is 2. The van der Waals surface area contributed by atoms with Crippen molar-refractivity contribution in [1.29, 1.82) is 0 Å². The molecular weight excluding hydrogens is 579 g/mol. The molecule has 0 bridgehead atoms. The highest BCUT2D eigenvalue weighted by molar-refractivity contribution is 7.89. The third-order valence-electron chi connectivity index (χ3n) is 7.23. The number of carbonyl (C=O) groups excluding carboxylic acids is 2. The van der Waals surface area contributed by atoms with Gasteiger partial charge in [0.25, 0.3) is 5.91 Å². The molecule has 3 N–H and O–H groups in total. The summed E-state index contributed by atoms with van der Waals surface area (Å²) in [5.41, 5.74) is 0.798. The molecule has 11 nitrogen and oxygen atoms in total. The number of methoxy groups -OCH3 is 1. The number of fused-ring (bicyclic) bond motifs is 1. The van der Waals surface area contributed by atoms with E-state index in [2.05, 4.69) is 10.6 Å². The van der Waals surface area contributed by atoms with Crippen LogP contribution in [0.15, 0.2) is 71.6 Å². The fourth-order valence-electron chi connectivity index (χ4n) is 4.62. The second kappa shape index (κ2) is 13.4. The minimum atomic E-state index is -3.88. The summed E-state index contributed by atoms with van der Waals surface area (Å²) in [4.78, 5) is 27.9. The van der Waals surface area contributed by atoms with Crippen LogP contribution < -0.4 is 20.1 Å². The van der Waals surface area contributed by atoms with Gasteiger partial charge < -0.3 is 30.1 Å². The van der Waals surface area contributed by atoms with Crippen molar-refractivity contribution in [2.75, 3.05) is 44.5 Å². The molecule has 3 aromatic rings. The van der Waals surface area contributed by atoms with Gasteiger partial charge in [0.05, 0.1) is 36.8 Å². The Kier molecular flexibility index (Phi) is 9.89. The maximum absolute atomic E-state index is 13.7. The van der Waals surface area contributed by atoms with Crippen LogP contribution in [0.1, 0.15) is 24.2 Å². The monoisotopic (exact) mass is 614 g/mol. The molecule has 13 heteroatoms. The molecular formula is C30H35FN4O7S. The van der Waals surface area contributed by atoms with E-state index in [1.54, 1.807) is 25.1 Å². The quantitative estimate of drug-likeness (QED) is 0.331. The summed E-state index contributed by atoms with van der Waals surface area (Å²) in [7, 11) is -0.923. The highest BCUT2D eigenvalue weighted by Crippen LogP contribution is 2.31. The van der Waals surface area contributed by atoms with Crippen molar-refractivity contribution >= 4 is 33.3 Å². The number of amides is 3. The topological polar surface area (TPSA) is 138 Å². The van der Waals surface area contributed by atoms with Crippen molar-refractivity contribution in [2.24, 2.45) is 5.92 Å². The average Bonchev–Trinajstić information content (AvgIpc) is 2.99. The van der Waals surface area contributed by atoms with Crippen molar-refractivity contribution < 1.29 is 37.0 Å². The number of sulfonamides is 1. The maximum Gasteiger partial charge on any atom is 0.323 e. The molecule has 0 saturated heterocycles. The summed E-state index contributed by atoms with van der Waals surface area (Å²) in [5, 5.41) is 15.1. The van der Waals surface area contributed by atoms with Crippen LogP contribution in [0.3, 0.4) is 0 Å². The van der Waals surface area contributed by atoms with Gasteiger partial charge in [-0.2, -0.15) is 4.31 Å². The minimum Gasteiger partial charge on any atom is -0.497 e. The second-order valence-corrected chi connectivity index (χ2v) is 12.4. The number of aliphatic hydroxyl groups excluding tert-OH is 1. The number of nitrogens with zero attached hydrogens (tertiary/aromatic N) is 2. The predicted octanol–water partition coefficient (Wildman–Crippen LogP) is 4.02. The van der Waals surface area contributed by atoms with Crippen LogP contribution in [-0.4, -0.2) is 80.7 Å². The number of urea groups is 1. The van der Waals surface area contributed by atoms with Gasteiger partial charge in [-0.1, -0.05) is 6.92 Å². The molecule has 0 aromatic heterocycles. The Bertz CT molecular complexity index is 1550. The predicted molar refractivity (Wildman–Crippen MR) is 159 cm³/mol. The number of hydrogen-bond donors (Lipinski definition) is 3. The summed E-state index contributed by atoms with van der Waals surface area (Å²) in [6, 6.07) is 14.7. The fourth-order valence-corrected chi connectivity index (χ4v) is 5.81. The highest BCUT2D eigenvalue weighted by atomic mass is 32.2. The number of hydrogen-bond acceptors (Lipinski definition) is 7. The standard InChI is InChI=1S/C30H35FN4O7S/c1-19-16-35(20(2)18-36)29(37)26-15-23(33-30(38)32-22-7-5-21(31)6-8-22)9-14-27(26)42-28(19)17-34(3)43(39,40)25-12-10-24(41-4)11-13-25/h5-15,19-20,28,36H,16-18H2,1-4H3,(H2,32,33,38)/t19-,20-,28+/m0/s1. The van der Waals surface area contributed by atoms with Crippen LogP contribution in [0.4, 0.5) is 20.6 Å². The lowest BCUT2D eigenvalue weighted by Crippen LogP contribution is -2.50. The summed E-state index contributed by atoms with van der Waals surface area (Å²) in [5.74, 6) is -0.441. The zero-order valence-electron chi connectivity index (χ0n) is 24.3. The number of rotatable bonds is 9. The molecule has 43 heavy (non-hydrogen) atoms. The first-order chi connectivity index (χ1) is 20.4. The summed E-state index contributed by atoms with van der Waals surface area (Å²) in [6.07, 6.45) is -0.668. The molecule has 1 heterocycles. The van der Waals surface area contributed by atoms with E-state index in [1.165, 1.54) is 71.9 Å². The molecule has 3 amide bonds. The number of nitrogens with one attached hydrogen (secondary N) is 2. The lowest BCUT2D eigenvalue weighted by molar-refractivity contribution is 0.0387. The smallest absolute Gasteiger partial charge is 0.323 e. The normalized spacial score (nSPS) is 17.7. The van der Waals surface area contributed by atoms with E-state index in [0.717, 1.165) is 0 Å². The first-order valence-electron chi connectivity index (χ1n) is 13.6. The molecule has 1 aliphatic rings. The van der Waals surface area contributed by atoms with E-state index in [-0.39, 0.29) is 47.5 Å². The van der Waals surface area contributed by atoms with E-state index in [9.17, 15) is 27.5 Å². The van der Waals surface area contributed by atoms with Gasteiger partial charge in [-0.05, 0) is 73.7 Å². The van der Waals surface area contributed by atoms with Crippen molar-refractivity contribution in [3.8, 4) is 11.5 Å². The summed E-state index contributed by atoms with van der Waals surface area (Å²) in [6.45, 7) is 3.43. The molecule has 3 atom stereocenters. The van der Waals surface area contributed by atoms with E-state index < -0.39 is 39.9 Å². The maximum atomic E-state index is 13.7. The lowest BCUT2D eigenvalue weighted by Gasteiger charge is -2.38. The number of halogens is 1. The van der Waals surface area contributed by atoms with Gasteiger partial charge >= 0.3 is 6.03 Å². The highest BCUT2D eigenvalue weighted by Gasteiger charge is 2.35. The van der Waals surface area contributed by atoms with E-state index in [0.29, 0.717) is 11.4 Å². The Hall–Kier alpha value is -4.20. The molecule has 0 saturated carbocycles. The third-order valence-corrected chi connectivity index (χ3v) is 9.07. The molecule has 3 aromatic carbocycles. The van der Waals surface area contributed by atoms with Crippen molar-refractivity contribution in [3.05, 3.63) is 78.1 Å².